The number of nitrogens with zero attached hydrogens (tertiary/aromatic N) is 1. The summed E-state index contributed by atoms with van der Waals surface area (Å²) in [5.74, 6) is 0. The molecule has 1 unspecified atom stereocenters. The Morgan fingerprint density at radius 1 is 1.83 bits per heavy atom. The highest BCUT2D eigenvalue weighted by atomic mass is 31.0. The third kappa shape index (κ3) is 2.41. The molecule has 0 saturated carbocycles. The Balaban J connectivity index is 3.22. The molecule has 33 valence electrons. The van der Waals surface area contributed by atoms with Gasteiger partial charge in [0.15, 0.2) is 7.28 Å². The first kappa shape index (κ1) is 6.16. The third-order valence-corrected chi connectivity index (χ3v) is 1.03. The van der Waals surface area contributed by atoms with Crippen molar-refractivity contribution in [3.63, 3.8) is 0 Å². The summed E-state index contributed by atoms with van der Waals surface area (Å²) in [4.78, 5) is 0. The summed E-state index contributed by atoms with van der Waals surface area (Å²) in [6.45, 7) is 3.91. The van der Waals surface area contributed by atoms with Crippen LogP contribution < -0.4 is 0 Å². The maximum Gasteiger partial charge on any atom is 0.167 e. The molecule has 0 amide bonds. The van der Waals surface area contributed by atoms with Crippen LogP contribution in [-0.2, 0) is 0 Å². The molecule has 0 aromatic rings. The minimum absolute atomic E-state index is 1.06. The van der Waals surface area contributed by atoms with Gasteiger partial charge in [0.2, 0.25) is 0 Å². The van der Waals surface area contributed by atoms with Crippen molar-refractivity contribution in [2.24, 2.45) is 4.76 Å². The van der Waals surface area contributed by atoms with E-state index < -0.39 is 0 Å². The van der Waals surface area contributed by atoms with Crippen LogP contribution in [0.2, 0.25) is 6.82 Å². The lowest BCUT2D eigenvalue weighted by Gasteiger charge is -1.82. The highest BCUT2D eigenvalue weighted by Crippen LogP contribution is 1.82. The van der Waals surface area contributed by atoms with Crippen LogP contribution in [0.5, 0.6) is 0 Å². The maximum absolute atomic E-state index is 3.78. The molecule has 3 heteroatoms. The van der Waals surface area contributed by atoms with Gasteiger partial charge in [-0.05, 0) is 21.9 Å². The van der Waals surface area contributed by atoms with Gasteiger partial charge in [0.25, 0.3) is 0 Å². The summed E-state index contributed by atoms with van der Waals surface area (Å²) in [6, 6.07) is 0. The molecule has 0 spiro atoms. The van der Waals surface area contributed by atoms with E-state index in [4.69, 9.17) is 0 Å². The summed E-state index contributed by atoms with van der Waals surface area (Å²) >= 11 is 0. The zero-order valence-corrected chi connectivity index (χ0v) is 5.26. The highest BCUT2D eigenvalue weighted by molar-refractivity contribution is 7.16. The van der Waals surface area contributed by atoms with Gasteiger partial charge in [-0.15, -0.1) is 0 Å². The van der Waals surface area contributed by atoms with Gasteiger partial charge in [0, 0.05) is 0 Å². The van der Waals surface area contributed by atoms with E-state index >= 15 is 0 Å². The summed E-state index contributed by atoms with van der Waals surface area (Å²) in [7, 11) is 4.25. The van der Waals surface area contributed by atoms with Crippen molar-refractivity contribution in [3.8, 4) is 0 Å². The van der Waals surface area contributed by atoms with Crippen LogP contribution in [0, 0.1) is 0 Å². The van der Waals surface area contributed by atoms with Crippen LogP contribution in [0.25, 0.3) is 0 Å². The fraction of sp³-hybridized carbons (Fsp3) is 0.667. The quantitative estimate of drug-likeness (QED) is 0.264. The lowest BCUT2D eigenvalue weighted by Crippen LogP contribution is -1.95. The van der Waals surface area contributed by atoms with Gasteiger partial charge in [-0.25, -0.2) is 0 Å². The van der Waals surface area contributed by atoms with Crippen molar-refractivity contribution in [3.05, 3.63) is 0 Å². The van der Waals surface area contributed by atoms with Crippen molar-refractivity contribution in [1.82, 2.24) is 0 Å². The monoisotopic (exact) mass is 100 g/mol. The molecule has 1 atom stereocenters. The van der Waals surface area contributed by atoms with E-state index in [9.17, 15) is 0 Å². The van der Waals surface area contributed by atoms with Crippen molar-refractivity contribution >= 4 is 22.3 Å². The first-order valence-corrected chi connectivity index (χ1v) is 2.36. The predicted octanol–water partition coefficient (Wildman–Crippen LogP) is 0.947. The van der Waals surface area contributed by atoms with Crippen LogP contribution in [0.15, 0.2) is 4.76 Å². The second-order valence-electron chi connectivity index (χ2n) is 1.06. The Morgan fingerprint density at radius 2 is 2.33 bits per heavy atom. The van der Waals surface area contributed by atoms with E-state index in [0.717, 1.165) is 5.61 Å². The number of hydrogen-bond donors (Lipinski definition) is 0. The van der Waals surface area contributed by atoms with Gasteiger partial charge in [-0.1, -0.05) is 6.82 Å². The normalized spacial score (nSPS) is 11.5. The Labute approximate surface area is 41.7 Å². The molecule has 0 bridgehead atoms. The molecule has 1 radical (unpaired) electrons. The average molecular weight is 99.9 g/mol. The van der Waals surface area contributed by atoms with Gasteiger partial charge >= 0.3 is 0 Å². The van der Waals surface area contributed by atoms with Gasteiger partial charge in [-0.2, -0.15) is 0 Å². The molecular weight excluding hydrogens is 91.8 g/mol. The van der Waals surface area contributed by atoms with Gasteiger partial charge < -0.3 is 0 Å². The van der Waals surface area contributed by atoms with Crippen LogP contribution in [0.4, 0.5) is 0 Å². The van der Waals surface area contributed by atoms with Crippen LogP contribution in [-0.4, -0.2) is 12.9 Å². The third-order valence-electron chi connectivity index (χ3n) is 0.621. The predicted molar refractivity (Wildman–Crippen MR) is 34.4 cm³/mol. The molecule has 6 heavy (non-hydrogen) atoms. The minimum Gasteiger partial charge on any atom is -0.288 e. The second kappa shape index (κ2) is 3.36. The topological polar surface area (TPSA) is 12.4 Å². The minimum atomic E-state index is 1.06. The van der Waals surface area contributed by atoms with Gasteiger partial charge in [-0.3, -0.25) is 4.76 Å². The Hall–Kier alpha value is 0.165. The molecule has 0 aromatic carbocycles. The van der Waals surface area contributed by atoms with Crippen LogP contribution in [0.1, 0.15) is 6.92 Å². The summed E-state index contributed by atoms with van der Waals surface area (Å²) < 4.78 is 3.78. The zero-order chi connectivity index (χ0) is 4.99. The molecule has 0 aliphatic carbocycles. The zero-order valence-electron chi connectivity index (χ0n) is 4.10. The van der Waals surface area contributed by atoms with E-state index in [1.54, 1.807) is 0 Å². The first-order valence-electron chi connectivity index (χ1n) is 1.85. The fourth-order valence-corrected chi connectivity index (χ4v) is 0.224. The fourth-order valence-electron chi connectivity index (χ4n) is 0.0745. The van der Waals surface area contributed by atoms with E-state index in [-0.39, 0.29) is 0 Å². The van der Waals surface area contributed by atoms with Gasteiger partial charge in [0.1, 0.15) is 0 Å². The van der Waals surface area contributed by atoms with Crippen molar-refractivity contribution in [2.45, 2.75) is 13.7 Å². The largest absolute Gasteiger partial charge is 0.288 e. The van der Waals surface area contributed by atoms with Gasteiger partial charge in [0.05, 0.1) is 0 Å². The number of hydrogen-bond acceptors (Lipinski definition) is 1. The summed E-state index contributed by atoms with van der Waals surface area (Å²) in [5.41, 5.74) is 1.06. The maximum atomic E-state index is 3.78. The van der Waals surface area contributed by atoms with Crippen molar-refractivity contribution in [2.75, 3.05) is 0 Å². The standard InChI is InChI=1S/C3H8BNP/c1-3(4-2)5-6/h6H2,1-2H3/b5-3+. The lowest BCUT2D eigenvalue weighted by atomic mass is 9.77. The van der Waals surface area contributed by atoms with Crippen LogP contribution >= 0.6 is 9.39 Å². The smallest absolute Gasteiger partial charge is 0.167 e. The highest BCUT2D eigenvalue weighted by Gasteiger charge is 1.78. The van der Waals surface area contributed by atoms with Crippen LogP contribution in [0.3, 0.4) is 0 Å². The average Bonchev–Trinajstić information content (AvgIpc) is 1.65. The number of rotatable bonds is 1. The van der Waals surface area contributed by atoms with E-state index in [1.165, 1.54) is 0 Å². The molecule has 0 fully saturated rings. The van der Waals surface area contributed by atoms with Crippen molar-refractivity contribution < 1.29 is 0 Å². The molecule has 0 heterocycles. The van der Waals surface area contributed by atoms with E-state index in [1.807, 2.05) is 21.0 Å². The summed E-state index contributed by atoms with van der Waals surface area (Å²) in [6.07, 6.45) is 0. The first-order chi connectivity index (χ1) is 2.81. The molecule has 0 rings (SSSR count). The Kier molecular flexibility index (Phi) is 3.45. The molecule has 0 N–H and O–H groups in total. The molecule has 0 aliphatic heterocycles. The van der Waals surface area contributed by atoms with E-state index in [2.05, 4.69) is 14.2 Å². The molecule has 1 nitrogen and oxygen atoms in total. The Bertz CT molecular complexity index is 61.8. The molecule has 0 aromatic heterocycles. The Morgan fingerprint density at radius 3 is 2.33 bits per heavy atom. The second-order valence-corrected chi connectivity index (χ2v) is 1.32. The summed E-state index contributed by atoms with van der Waals surface area (Å²) in [5, 5.41) is 0. The lowest BCUT2D eigenvalue weighted by molar-refractivity contribution is 1.84. The SMILES string of the molecule is C[B]/C(C)=N/P. The molecule has 0 aliphatic rings. The molecule has 0 saturated heterocycles. The van der Waals surface area contributed by atoms with E-state index in [0.29, 0.717) is 0 Å². The molecular formula is C3H8BNP. The van der Waals surface area contributed by atoms with Crippen molar-refractivity contribution in [1.29, 1.82) is 0 Å².